The first-order valence-electron chi connectivity index (χ1n) is 5.56. The van der Waals surface area contributed by atoms with Gasteiger partial charge in [-0.1, -0.05) is 17.7 Å². The van der Waals surface area contributed by atoms with E-state index in [2.05, 4.69) is 11.9 Å². The van der Waals surface area contributed by atoms with Crippen LogP contribution in [0.5, 0.6) is 0 Å². The van der Waals surface area contributed by atoms with E-state index in [0.29, 0.717) is 24.8 Å². The molecule has 0 spiro atoms. The predicted octanol–water partition coefficient (Wildman–Crippen LogP) is 3.16. The second kappa shape index (κ2) is 8.23. The molecule has 2 nitrogen and oxygen atoms in total. The van der Waals surface area contributed by atoms with Crippen molar-refractivity contribution in [3.05, 3.63) is 47.3 Å². The van der Waals surface area contributed by atoms with Gasteiger partial charge in [-0.25, -0.2) is 4.39 Å². The molecule has 0 heterocycles. The van der Waals surface area contributed by atoms with E-state index in [1.165, 1.54) is 12.1 Å². The van der Waals surface area contributed by atoms with Gasteiger partial charge in [0.25, 0.3) is 0 Å². The quantitative estimate of drug-likeness (QED) is 0.571. The average Bonchev–Trinajstić information content (AvgIpc) is 2.26. The minimum atomic E-state index is -0.309. The van der Waals surface area contributed by atoms with Crippen LogP contribution >= 0.6 is 11.6 Å². The second-order valence-corrected chi connectivity index (χ2v) is 4.08. The zero-order chi connectivity index (χ0) is 12.5. The number of hydrogen-bond donors (Lipinski definition) is 1. The van der Waals surface area contributed by atoms with E-state index in [9.17, 15) is 4.39 Å². The molecule has 0 aliphatic carbocycles. The van der Waals surface area contributed by atoms with E-state index in [1.807, 2.05) is 6.08 Å². The van der Waals surface area contributed by atoms with Crippen molar-refractivity contribution < 1.29 is 9.13 Å². The lowest BCUT2D eigenvalue weighted by Crippen LogP contribution is -2.19. The standard InChI is InChI=1S/C13H17ClFNO/c1-2-3-5-17-6-4-16-10-11-7-12(14)9-13(15)8-11/h2,7-9,16H,1,3-6,10H2. The number of halogens is 2. The summed E-state index contributed by atoms with van der Waals surface area (Å²) in [6.45, 7) is 6.25. The molecule has 0 atom stereocenters. The molecular formula is C13H17ClFNO. The van der Waals surface area contributed by atoms with Crippen molar-refractivity contribution in [2.45, 2.75) is 13.0 Å². The molecule has 1 N–H and O–H groups in total. The summed E-state index contributed by atoms with van der Waals surface area (Å²) >= 11 is 5.75. The highest BCUT2D eigenvalue weighted by Crippen LogP contribution is 2.13. The van der Waals surface area contributed by atoms with Gasteiger partial charge in [0.1, 0.15) is 5.82 Å². The van der Waals surface area contributed by atoms with E-state index >= 15 is 0 Å². The molecule has 0 unspecified atom stereocenters. The molecule has 0 aliphatic rings. The minimum Gasteiger partial charge on any atom is -0.380 e. The highest BCUT2D eigenvalue weighted by molar-refractivity contribution is 6.30. The molecular weight excluding hydrogens is 241 g/mol. The topological polar surface area (TPSA) is 21.3 Å². The molecule has 0 saturated heterocycles. The zero-order valence-electron chi connectivity index (χ0n) is 9.72. The largest absolute Gasteiger partial charge is 0.380 e. The highest BCUT2D eigenvalue weighted by atomic mass is 35.5. The minimum absolute atomic E-state index is 0.309. The smallest absolute Gasteiger partial charge is 0.125 e. The Balaban J connectivity index is 2.15. The first-order valence-corrected chi connectivity index (χ1v) is 5.94. The molecule has 94 valence electrons. The van der Waals surface area contributed by atoms with Crippen molar-refractivity contribution in [1.29, 1.82) is 0 Å². The molecule has 1 aromatic carbocycles. The Morgan fingerprint density at radius 1 is 1.35 bits per heavy atom. The van der Waals surface area contributed by atoms with Crippen LogP contribution in [0.1, 0.15) is 12.0 Å². The van der Waals surface area contributed by atoms with Gasteiger partial charge in [0.15, 0.2) is 0 Å². The Kier molecular flexibility index (Phi) is 6.86. The number of nitrogens with one attached hydrogen (secondary N) is 1. The Bertz CT molecular complexity index is 337. The molecule has 0 bridgehead atoms. The Hall–Kier alpha value is -0.900. The summed E-state index contributed by atoms with van der Waals surface area (Å²) in [5.74, 6) is -0.309. The lowest BCUT2D eigenvalue weighted by atomic mass is 10.2. The van der Waals surface area contributed by atoms with Gasteiger partial charge in [-0.2, -0.15) is 0 Å². The van der Waals surface area contributed by atoms with Gasteiger partial charge < -0.3 is 10.1 Å². The van der Waals surface area contributed by atoms with Gasteiger partial charge in [0.05, 0.1) is 13.2 Å². The molecule has 0 fully saturated rings. The predicted molar refractivity (Wildman–Crippen MR) is 68.7 cm³/mol. The maximum Gasteiger partial charge on any atom is 0.125 e. The van der Waals surface area contributed by atoms with Crippen LogP contribution < -0.4 is 5.32 Å². The number of benzene rings is 1. The number of ether oxygens (including phenoxy) is 1. The summed E-state index contributed by atoms with van der Waals surface area (Å²) in [5, 5.41) is 3.58. The average molecular weight is 258 g/mol. The summed E-state index contributed by atoms with van der Waals surface area (Å²) in [6.07, 6.45) is 2.68. The van der Waals surface area contributed by atoms with Gasteiger partial charge in [0.2, 0.25) is 0 Å². The third-order valence-corrected chi connectivity index (χ3v) is 2.36. The summed E-state index contributed by atoms with van der Waals surface area (Å²) in [4.78, 5) is 0. The van der Waals surface area contributed by atoms with E-state index in [1.54, 1.807) is 6.07 Å². The highest BCUT2D eigenvalue weighted by Gasteiger charge is 1.98. The van der Waals surface area contributed by atoms with E-state index in [0.717, 1.165) is 18.5 Å². The fourth-order valence-corrected chi connectivity index (χ4v) is 1.60. The van der Waals surface area contributed by atoms with Crippen LogP contribution in [0.15, 0.2) is 30.9 Å². The molecule has 0 aliphatic heterocycles. The van der Waals surface area contributed by atoms with Gasteiger partial charge in [-0.15, -0.1) is 6.58 Å². The van der Waals surface area contributed by atoms with Gasteiger partial charge in [0, 0.05) is 18.1 Å². The van der Waals surface area contributed by atoms with Crippen molar-refractivity contribution in [2.75, 3.05) is 19.8 Å². The van der Waals surface area contributed by atoms with Crippen molar-refractivity contribution in [3.63, 3.8) is 0 Å². The van der Waals surface area contributed by atoms with Crippen LogP contribution in [0, 0.1) is 5.82 Å². The van der Waals surface area contributed by atoms with E-state index in [-0.39, 0.29) is 5.82 Å². The van der Waals surface area contributed by atoms with Crippen molar-refractivity contribution in [2.24, 2.45) is 0 Å². The second-order valence-electron chi connectivity index (χ2n) is 3.64. The van der Waals surface area contributed by atoms with Gasteiger partial charge in [-0.3, -0.25) is 0 Å². The lowest BCUT2D eigenvalue weighted by molar-refractivity contribution is 0.140. The molecule has 0 amide bonds. The number of hydrogen-bond acceptors (Lipinski definition) is 2. The van der Waals surface area contributed by atoms with E-state index in [4.69, 9.17) is 16.3 Å². The van der Waals surface area contributed by atoms with Crippen LogP contribution in [-0.2, 0) is 11.3 Å². The molecule has 1 rings (SSSR count). The van der Waals surface area contributed by atoms with Gasteiger partial charge >= 0.3 is 0 Å². The van der Waals surface area contributed by atoms with E-state index < -0.39 is 0 Å². The molecule has 0 radical (unpaired) electrons. The maximum absolute atomic E-state index is 13.0. The fraction of sp³-hybridized carbons (Fsp3) is 0.385. The SMILES string of the molecule is C=CCCOCCNCc1cc(F)cc(Cl)c1. The Labute approximate surface area is 106 Å². The number of rotatable bonds is 8. The summed E-state index contributed by atoms with van der Waals surface area (Å²) < 4.78 is 18.3. The van der Waals surface area contributed by atoms with Crippen LogP contribution in [0.2, 0.25) is 5.02 Å². The fourth-order valence-electron chi connectivity index (χ4n) is 1.36. The third-order valence-electron chi connectivity index (χ3n) is 2.14. The normalized spacial score (nSPS) is 10.5. The molecule has 4 heteroatoms. The molecule has 0 saturated carbocycles. The van der Waals surface area contributed by atoms with Crippen molar-refractivity contribution in [1.82, 2.24) is 5.32 Å². The van der Waals surface area contributed by atoms with Crippen LogP contribution in [-0.4, -0.2) is 19.8 Å². The lowest BCUT2D eigenvalue weighted by Gasteiger charge is -2.06. The molecule has 1 aromatic rings. The Morgan fingerprint density at radius 2 is 2.18 bits per heavy atom. The zero-order valence-corrected chi connectivity index (χ0v) is 10.5. The Morgan fingerprint density at radius 3 is 2.88 bits per heavy atom. The molecule has 17 heavy (non-hydrogen) atoms. The first kappa shape index (κ1) is 14.2. The summed E-state index contributed by atoms with van der Waals surface area (Å²) in [7, 11) is 0. The van der Waals surface area contributed by atoms with Crippen LogP contribution in [0.25, 0.3) is 0 Å². The molecule has 0 aromatic heterocycles. The first-order chi connectivity index (χ1) is 8.22. The summed E-state index contributed by atoms with van der Waals surface area (Å²) in [6, 6.07) is 4.51. The van der Waals surface area contributed by atoms with Crippen molar-refractivity contribution in [3.8, 4) is 0 Å². The van der Waals surface area contributed by atoms with Crippen molar-refractivity contribution >= 4 is 11.6 Å². The van der Waals surface area contributed by atoms with Crippen LogP contribution in [0.4, 0.5) is 4.39 Å². The summed E-state index contributed by atoms with van der Waals surface area (Å²) in [5.41, 5.74) is 0.834. The monoisotopic (exact) mass is 257 g/mol. The van der Waals surface area contributed by atoms with Crippen LogP contribution in [0.3, 0.4) is 0 Å². The maximum atomic E-state index is 13.0. The third kappa shape index (κ3) is 6.41. The van der Waals surface area contributed by atoms with Gasteiger partial charge in [-0.05, 0) is 30.2 Å².